The van der Waals surface area contributed by atoms with E-state index < -0.39 is 0 Å². The maximum absolute atomic E-state index is 5.52. The molecule has 0 radical (unpaired) electrons. The van der Waals surface area contributed by atoms with E-state index in [1.165, 1.54) is 12.8 Å². The van der Waals surface area contributed by atoms with Crippen LogP contribution in [0.15, 0.2) is 30.3 Å². The van der Waals surface area contributed by atoms with Crippen LogP contribution in [0.2, 0.25) is 0 Å². The molecule has 0 aliphatic rings. The topological polar surface area (TPSA) is 21.3 Å². The Balaban J connectivity index is 1.99. The van der Waals surface area contributed by atoms with Crippen molar-refractivity contribution in [1.29, 1.82) is 0 Å². The van der Waals surface area contributed by atoms with Gasteiger partial charge in [-0.1, -0.05) is 31.5 Å². The summed E-state index contributed by atoms with van der Waals surface area (Å²) in [5.74, 6) is 0.949. The maximum atomic E-state index is 5.52. The van der Waals surface area contributed by atoms with Crippen molar-refractivity contribution in [2.75, 3.05) is 19.7 Å². The van der Waals surface area contributed by atoms with Gasteiger partial charge in [-0.3, -0.25) is 0 Å². The van der Waals surface area contributed by atoms with Crippen LogP contribution in [-0.2, 0) is 0 Å². The normalized spacial score (nSPS) is 10.1. The summed E-state index contributed by atoms with van der Waals surface area (Å²) in [6, 6.07) is 9.92. The summed E-state index contributed by atoms with van der Waals surface area (Å²) in [6.07, 6.45) is 2.48. The van der Waals surface area contributed by atoms with Crippen molar-refractivity contribution in [3.63, 3.8) is 0 Å². The highest BCUT2D eigenvalue weighted by atomic mass is 16.5. The molecule has 14 heavy (non-hydrogen) atoms. The first kappa shape index (κ1) is 11.1. The second-order valence-electron chi connectivity index (χ2n) is 3.27. The van der Waals surface area contributed by atoms with Crippen molar-refractivity contribution in [3.8, 4) is 5.75 Å². The van der Waals surface area contributed by atoms with Gasteiger partial charge < -0.3 is 10.1 Å². The summed E-state index contributed by atoms with van der Waals surface area (Å²) in [5, 5.41) is 3.33. The minimum absolute atomic E-state index is 0.744. The number of hydrogen-bond acceptors (Lipinski definition) is 2. The van der Waals surface area contributed by atoms with Crippen molar-refractivity contribution >= 4 is 0 Å². The van der Waals surface area contributed by atoms with E-state index in [4.69, 9.17) is 4.74 Å². The molecule has 0 atom stereocenters. The smallest absolute Gasteiger partial charge is 0.119 e. The predicted molar refractivity (Wildman–Crippen MR) is 59.7 cm³/mol. The van der Waals surface area contributed by atoms with Crippen molar-refractivity contribution in [3.05, 3.63) is 30.3 Å². The van der Waals surface area contributed by atoms with Crippen LogP contribution in [-0.4, -0.2) is 19.7 Å². The number of hydrogen-bond donors (Lipinski definition) is 1. The van der Waals surface area contributed by atoms with Gasteiger partial charge in [0.15, 0.2) is 0 Å². The van der Waals surface area contributed by atoms with E-state index in [1.54, 1.807) is 0 Å². The molecule has 0 spiro atoms. The van der Waals surface area contributed by atoms with Crippen molar-refractivity contribution in [2.24, 2.45) is 0 Å². The molecular formula is C12H19NO. The molecule has 0 fully saturated rings. The Kier molecular flexibility index (Phi) is 5.84. The Morgan fingerprint density at radius 3 is 2.64 bits per heavy atom. The molecular weight excluding hydrogens is 174 g/mol. The third kappa shape index (κ3) is 4.87. The Morgan fingerprint density at radius 1 is 1.14 bits per heavy atom. The molecule has 0 saturated heterocycles. The van der Waals surface area contributed by atoms with Crippen LogP contribution in [0.25, 0.3) is 0 Å². The average Bonchev–Trinajstić information content (AvgIpc) is 2.25. The van der Waals surface area contributed by atoms with Gasteiger partial charge in [-0.25, -0.2) is 0 Å². The van der Waals surface area contributed by atoms with Crippen LogP contribution < -0.4 is 10.1 Å². The molecule has 1 N–H and O–H groups in total. The van der Waals surface area contributed by atoms with E-state index in [2.05, 4.69) is 12.2 Å². The van der Waals surface area contributed by atoms with Gasteiger partial charge in [0.25, 0.3) is 0 Å². The Labute approximate surface area is 86.3 Å². The van der Waals surface area contributed by atoms with Gasteiger partial charge in [-0.15, -0.1) is 0 Å². The molecule has 0 heterocycles. The van der Waals surface area contributed by atoms with E-state index in [1.807, 2.05) is 30.3 Å². The van der Waals surface area contributed by atoms with E-state index in [0.29, 0.717) is 0 Å². The quantitative estimate of drug-likeness (QED) is 0.672. The van der Waals surface area contributed by atoms with Crippen LogP contribution >= 0.6 is 0 Å². The number of ether oxygens (including phenoxy) is 1. The van der Waals surface area contributed by atoms with Gasteiger partial charge in [-0.05, 0) is 25.1 Å². The fraction of sp³-hybridized carbons (Fsp3) is 0.500. The highest BCUT2D eigenvalue weighted by Gasteiger charge is 1.90. The molecule has 2 nitrogen and oxygen atoms in total. The van der Waals surface area contributed by atoms with Crippen LogP contribution in [0.1, 0.15) is 19.8 Å². The number of unbranched alkanes of at least 4 members (excludes halogenated alkanes) is 1. The molecule has 0 aromatic heterocycles. The largest absolute Gasteiger partial charge is 0.492 e. The number of benzene rings is 1. The van der Waals surface area contributed by atoms with Gasteiger partial charge in [-0.2, -0.15) is 0 Å². The molecule has 0 bridgehead atoms. The summed E-state index contributed by atoms with van der Waals surface area (Å²) in [5.41, 5.74) is 0. The van der Waals surface area contributed by atoms with E-state index >= 15 is 0 Å². The third-order valence-corrected chi connectivity index (χ3v) is 2.00. The van der Waals surface area contributed by atoms with Gasteiger partial charge in [0.1, 0.15) is 12.4 Å². The average molecular weight is 193 g/mol. The second-order valence-corrected chi connectivity index (χ2v) is 3.27. The number of rotatable bonds is 7. The number of para-hydroxylation sites is 1. The zero-order chi connectivity index (χ0) is 10.1. The van der Waals surface area contributed by atoms with E-state index in [0.717, 1.165) is 25.4 Å². The van der Waals surface area contributed by atoms with E-state index in [9.17, 15) is 0 Å². The Hall–Kier alpha value is -1.02. The minimum Gasteiger partial charge on any atom is -0.492 e. The lowest BCUT2D eigenvalue weighted by molar-refractivity contribution is 0.314. The van der Waals surface area contributed by atoms with Crippen molar-refractivity contribution in [1.82, 2.24) is 5.32 Å². The summed E-state index contributed by atoms with van der Waals surface area (Å²) in [4.78, 5) is 0. The molecule has 2 heteroatoms. The van der Waals surface area contributed by atoms with Crippen molar-refractivity contribution in [2.45, 2.75) is 19.8 Å². The van der Waals surface area contributed by atoms with Crippen molar-refractivity contribution < 1.29 is 4.74 Å². The SMILES string of the molecule is CCCCNCCOc1ccccc1. The third-order valence-electron chi connectivity index (χ3n) is 2.00. The molecule has 0 saturated carbocycles. The number of nitrogens with one attached hydrogen (secondary N) is 1. The zero-order valence-electron chi connectivity index (χ0n) is 8.83. The predicted octanol–water partition coefficient (Wildman–Crippen LogP) is 2.46. The fourth-order valence-corrected chi connectivity index (χ4v) is 1.18. The lowest BCUT2D eigenvalue weighted by Crippen LogP contribution is -2.21. The molecule has 1 aromatic carbocycles. The highest BCUT2D eigenvalue weighted by Crippen LogP contribution is 2.07. The first-order valence-corrected chi connectivity index (χ1v) is 5.32. The summed E-state index contributed by atoms with van der Waals surface area (Å²) >= 11 is 0. The molecule has 0 aliphatic carbocycles. The monoisotopic (exact) mass is 193 g/mol. The van der Waals surface area contributed by atoms with Gasteiger partial charge >= 0.3 is 0 Å². The summed E-state index contributed by atoms with van der Waals surface area (Å²) in [6.45, 7) is 4.96. The highest BCUT2D eigenvalue weighted by molar-refractivity contribution is 5.20. The lowest BCUT2D eigenvalue weighted by atomic mass is 10.3. The molecule has 0 amide bonds. The Bertz CT molecular complexity index is 223. The molecule has 1 rings (SSSR count). The standard InChI is InChI=1S/C12H19NO/c1-2-3-9-13-10-11-14-12-7-5-4-6-8-12/h4-8,13H,2-3,9-11H2,1H3. The zero-order valence-corrected chi connectivity index (χ0v) is 8.83. The van der Waals surface area contributed by atoms with Crippen LogP contribution in [0.4, 0.5) is 0 Å². The maximum Gasteiger partial charge on any atom is 0.119 e. The first-order chi connectivity index (χ1) is 6.93. The van der Waals surface area contributed by atoms with Crippen LogP contribution in [0.3, 0.4) is 0 Å². The summed E-state index contributed by atoms with van der Waals surface area (Å²) in [7, 11) is 0. The second kappa shape index (κ2) is 7.39. The molecule has 78 valence electrons. The molecule has 1 aromatic rings. The first-order valence-electron chi connectivity index (χ1n) is 5.32. The molecule has 0 aliphatic heterocycles. The molecule has 0 unspecified atom stereocenters. The fourth-order valence-electron chi connectivity index (χ4n) is 1.18. The van der Waals surface area contributed by atoms with E-state index in [-0.39, 0.29) is 0 Å². The summed E-state index contributed by atoms with van der Waals surface area (Å²) < 4.78 is 5.52. The van der Waals surface area contributed by atoms with Gasteiger partial charge in [0.2, 0.25) is 0 Å². The van der Waals surface area contributed by atoms with Gasteiger partial charge in [0.05, 0.1) is 0 Å². The van der Waals surface area contributed by atoms with Crippen LogP contribution in [0.5, 0.6) is 5.75 Å². The minimum atomic E-state index is 0.744. The Morgan fingerprint density at radius 2 is 1.93 bits per heavy atom. The lowest BCUT2D eigenvalue weighted by Gasteiger charge is -2.06. The van der Waals surface area contributed by atoms with Crippen LogP contribution in [0, 0.1) is 0 Å². The van der Waals surface area contributed by atoms with Gasteiger partial charge in [0, 0.05) is 6.54 Å².